The minimum Gasteiger partial charge on any atom is -0.327 e. The average Bonchev–Trinajstić information content (AvgIpc) is 2.75. The highest BCUT2D eigenvalue weighted by Gasteiger charge is 2.16. The molecule has 1 aromatic heterocycles. The van der Waals surface area contributed by atoms with E-state index in [0.717, 1.165) is 36.2 Å². The van der Waals surface area contributed by atoms with Gasteiger partial charge >= 0.3 is 0 Å². The summed E-state index contributed by atoms with van der Waals surface area (Å²) in [6.45, 7) is 4.97. The van der Waals surface area contributed by atoms with E-state index < -0.39 is 0 Å². The van der Waals surface area contributed by atoms with Gasteiger partial charge in [-0.15, -0.1) is 11.6 Å². The summed E-state index contributed by atoms with van der Waals surface area (Å²) in [7, 11) is 0. The topological polar surface area (TPSA) is 41.6 Å². The van der Waals surface area contributed by atoms with Crippen molar-refractivity contribution in [2.24, 2.45) is 0 Å². The highest BCUT2D eigenvalue weighted by Crippen LogP contribution is 2.26. The lowest BCUT2D eigenvalue weighted by molar-refractivity contribution is 0.616. The summed E-state index contributed by atoms with van der Waals surface area (Å²) >= 11 is 6.19. The van der Waals surface area contributed by atoms with Crippen LogP contribution >= 0.6 is 11.6 Å². The third-order valence-electron chi connectivity index (χ3n) is 3.02. The Bertz CT molecular complexity index is 593. The van der Waals surface area contributed by atoms with Gasteiger partial charge < -0.3 is 4.57 Å². The first-order valence-corrected chi connectivity index (χ1v) is 6.66. The zero-order chi connectivity index (χ0) is 13.1. The van der Waals surface area contributed by atoms with E-state index >= 15 is 0 Å². The van der Waals surface area contributed by atoms with Gasteiger partial charge in [0, 0.05) is 6.54 Å². The fourth-order valence-corrected chi connectivity index (χ4v) is 2.28. The van der Waals surface area contributed by atoms with Gasteiger partial charge in [0.05, 0.1) is 16.5 Å². The van der Waals surface area contributed by atoms with Crippen LogP contribution in [0.4, 0.5) is 0 Å². The van der Waals surface area contributed by atoms with Gasteiger partial charge in [0.1, 0.15) is 17.4 Å². The van der Waals surface area contributed by atoms with Crippen LogP contribution in [0.5, 0.6) is 0 Å². The number of hydrogen-bond donors (Lipinski definition) is 0. The molecule has 0 aliphatic carbocycles. The number of aryl methyl sites for hydroxylation is 1. The molecular formula is C14H16ClN3. The normalized spacial score (nSPS) is 12.6. The van der Waals surface area contributed by atoms with E-state index in [1.54, 1.807) is 6.07 Å². The monoisotopic (exact) mass is 261 g/mol. The number of para-hydroxylation sites is 1. The highest BCUT2D eigenvalue weighted by atomic mass is 35.5. The molecule has 0 radical (unpaired) electrons. The second-order valence-corrected chi connectivity index (χ2v) is 5.03. The van der Waals surface area contributed by atoms with E-state index in [1.165, 1.54) is 0 Å². The maximum atomic E-state index is 9.12. The first kappa shape index (κ1) is 12.9. The van der Waals surface area contributed by atoms with Gasteiger partial charge in [0.15, 0.2) is 0 Å². The van der Waals surface area contributed by atoms with Crippen molar-refractivity contribution in [3.05, 3.63) is 29.6 Å². The number of aromatic nitrogens is 2. The molecule has 0 N–H and O–H groups in total. The van der Waals surface area contributed by atoms with Gasteiger partial charge in [-0.1, -0.05) is 19.4 Å². The van der Waals surface area contributed by atoms with Crippen LogP contribution in [0.2, 0.25) is 0 Å². The molecule has 0 fully saturated rings. The molecule has 1 aromatic carbocycles. The number of unbranched alkanes of at least 4 members (excludes halogenated alkanes) is 1. The van der Waals surface area contributed by atoms with E-state index in [0.29, 0.717) is 5.56 Å². The SMILES string of the molecule is CCCCn1c(C(C)Cl)nc2c(C#N)cccc21. The van der Waals surface area contributed by atoms with E-state index in [-0.39, 0.29) is 5.38 Å². The van der Waals surface area contributed by atoms with Crippen LogP contribution in [-0.2, 0) is 6.54 Å². The van der Waals surface area contributed by atoms with Gasteiger partial charge in [0.25, 0.3) is 0 Å². The fraction of sp³-hybridized carbons (Fsp3) is 0.429. The Morgan fingerprint density at radius 2 is 2.28 bits per heavy atom. The predicted octanol–water partition coefficient (Wildman–Crippen LogP) is 4.01. The van der Waals surface area contributed by atoms with Crippen LogP contribution in [0.25, 0.3) is 11.0 Å². The summed E-state index contributed by atoms with van der Waals surface area (Å²) in [5, 5.41) is 8.97. The summed E-state index contributed by atoms with van der Waals surface area (Å²) in [5.74, 6) is 0.850. The smallest absolute Gasteiger partial charge is 0.127 e. The Morgan fingerprint density at radius 1 is 1.50 bits per heavy atom. The van der Waals surface area contributed by atoms with Gasteiger partial charge in [-0.25, -0.2) is 4.98 Å². The molecule has 0 aliphatic rings. The molecule has 3 nitrogen and oxygen atoms in total. The highest BCUT2D eigenvalue weighted by molar-refractivity contribution is 6.20. The standard InChI is InChI=1S/C14H16ClN3/c1-3-4-8-18-12-7-5-6-11(9-16)13(12)17-14(18)10(2)15/h5-7,10H,3-4,8H2,1-2H3. The molecule has 0 spiro atoms. The summed E-state index contributed by atoms with van der Waals surface area (Å²) in [6.07, 6.45) is 2.20. The lowest BCUT2D eigenvalue weighted by atomic mass is 10.2. The van der Waals surface area contributed by atoms with E-state index in [4.69, 9.17) is 16.9 Å². The number of alkyl halides is 1. The van der Waals surface area contributed by atoms with Crippen molar-refractivity contribution in [1.29, 1.82) is 5.26 Å². The zero-order valence-electron chi connectivity index (χ0n) is 10.7. The molecule has 0 amide bonds. The van der Waals surface area contributed by atoms with E-state index in [1.807, 2.05) is 19.1 Å². The van der Waals surface area contributed by atoms with Crippen molar-refractivity contribution in [1.82, 2.24) is 9.55 Å². The maximum Gasteiger partial charge on any atom is 0.127 e. The molecule has 0 bridgehead atoms. The third kappa shape index (κ3) is 2.21. The lowest BCUT2D eigenvalue weighted by Crippen LogP contribution is -2.04. The Hall–Kier alpha value is -1.53. The Kier molecular flexibility index (Phi) is 3.88. The summed E-state index contributed by atoms with van der Waals surface area (Å²) in [4.78, 5) is 4.54. The Labute approximate surface area is 112 Å². The second-order valence-electron chi connectivity index (χ2n) is 4.38. The molecule has 1 heterocycles. The average molecular weight is 262 g/mol. The van der Waals surface area contributed by atoms with Crippen molar-refractivity contribution >= 4 is 22.6 Å². The molecule has 0 aliphatic heterocycles. The minimum atomic E-state index is -0.152. The predicted molar refractivity (Wildman–Crippen MR) is 73.6 cm³/mol. The van der Waals surface area contributed by atoms with Crippen molar-refractivity contribution < 1.29 is 0 Å². The molecule has 1 unspecified atom stereocenters. The van der Waals surface area contributed by atoms with E-state index in [2.05, 4.69) is 22.5 Å². The van der Waals surface area contributed by atoms with E-state index in [9.17, 15) is 0 Å². The Morgan fingerprint density at radius 3 is 2.89 bits per heavy atom. The van der Waals surface area contributed by atoms with Crippen LogP contribution in [0.3, 0.4) is 0 Å². The first-order valence-electron chi connectivity index (χ1n) is 6.22. The molecular weight excluding hydrogens is 246 g/mol. The van der Waals surface area contributed by atoms with Gasteiger partial charge in [-0.05, 0) is 25.5 Å². The number of nitrogens with zero attached hydrogens (tertiary/aromatic N) is 3. The number of nitriles is 1. The third-order valence-corrected chi connectivity index (χ3v) is 3.22. The van der Waals surface area contributed by atoms with Crippen LogP contribution in [-0.4, -0.2) is 9.55 Å². The molecule has 2 rings (SSSR count). The van der Waals surface area contributed by atoms with Crippen LogP contribution in [0.1, 0.15) is 43.5 Å². The second kappa shape index (κ2) is 5.41. The molecule has 4 heteroatoms. The van der Waals surface area contributed by atoms with Crippen LogP contribution in [0, 0.1) is 11.3 Å². The summed E-state index contributed by atoms with van der Waals surface area (Å²) < 4.78 is 2.14. The van der Waals surface area contributed by atoms with Crippen molar-refractivity contribution in [3.63, 3.8) is 0 Å². The van der Waals surface area contributed by atoms with Gasteiger partial charge in [-0.3, -0.25) is 0 Å². The molecule has 0 saturated heterocycles. The number of fused-ring (bicyclic) bond motifs is 1. The number of halogens is 1. The maximum absolute atomic E-state index is 9.12. The largest absolute Gasteiger partial charge is 0.327 e. The molecule has 18 heavy (non-hydrogen) atoms. The van der Waals surface area contributed by atoms with Gasteiger partial charge in [-0.2, -0.15) is 5.26 Å². The van der Waals surface area contributed by atoms with Crippen molar-refractivity contribution in [2.75, 3.05) is 0 Å². The minimum absolute atomic E-state index is 0.152. The van der Waals surface area contributed by atoms with Crippen molar-refractivity contribution in [3.8, 4) is 6.07 Å². The quantitative estimate of drug-likeness (QED) is 0.781. The van der Waals surface area contributed by atoms with Gasteiger partial charge in [0.2, 0.25) is 0 Å². The molecule has 1 atom stereocenters. The first-order chi connectivity index (χ1) is 8.69. The lowest BCUT2D eigenvalue weighted by Gasteiger charge is -2.09. The number of rotatable bonds is 4. The Balaban J connectivity index is 2.64. The van der Waals surface area contributed by atoms with Crippen LogP contribution in [0.15, 0.2) is 18.2 Å². The summed E-state index contributed by atoms with van der Waals surface area (Å²) in [5.41, 5.74) is 2.38. The zero-order valence-corrected chi connectivity index (χ0v) is 11.4. The molecule has 0 saturated carbocycles. The molecule has 2 aromatic rings. The fourth-order valence-electron chi connectivity index (χ4n) is 2.11. The van der Waals surface area contributed by atoms with Crippen molar-refractivity contribution in [2.45, 2.75) is 38.6 Å². The number of hydrogen-bond acceptors (Lipinski definition) is 2. The number of imidazole rings is 1. The summed E-state index contributed by atoms with van der Waals surface area (Å²) in [6, 6.07) is 7.88. The number of benzene rings is 1. The van der Waals surface area contributed by atoms with Crippen LogP contribution < -0.4 is 0 Å². The molecule has 94 valence electrons.